The predicted molar refractivity (Wildman–Crippen MR) is 98.1 cm³/mol. The topological polar surface area (TPSA) is 34.1 Å². The van der Waals surface area contributed by atoms with Crippen LogP contribution in [0, 0.1) is 6.92 Å². The van der Waals surface area contributed by atoms with Gasteiger partial charge in [-0.3, -0.25) is 0 Å². The summed E-state index contributed by atoms with van der Waals surface area (Å²) in [4.78, 5) is 0.0227. The van der Waals surface area contributed by atoms with Crippen LogP contribution in [0.15, 0.2) is 40.1 Å². The molecule has 0 fully saturated rings. The largest absolute Gasteiger partial charge is 0.319 e. The van der Waals surface area contributed by atoms with Crippen molar-refractivity contribution in [3.8, 4) is 0 Å². The van der Waals surface area contributed by atoms with Gasteiger partial charge in [0.2, 0.25) is 0 Å². The number of aryl methyl sites for hydroxylation is 1. The van der Waals surface area contributed by atoms with Gasteiger partial charge in [-0.05, 0) is 32.4 Å². The lowest BCUT2D eigenvalue weighted by Crippen LogP contribution is -2.29. The van der Waals surface area contributed by atoms with Crippen molar-refractivity contribution >= 4 is 55.0 Å². The molecule has 1 aromatic rings. The first-order valence-corrected chi connectivity index (χ1v) is 9.90. The Hall–Kier alpha value is 0.230. The first kappa shape index (κ1) is 19.3. The van der Waals surface area contributed by atoms with Gasteiger partial charge in [0.05, 0.1) is 4.90 Å². The van der Waals surface area contributed by atoms with Crippen LogP contribution in [-0.4, -0.2) is 15.8 Å². The van der Waals surface area contributed by atoms with Crippen molar-refractivity contribution in [3.05, 3.63) is 40.8 Å². The summed E-state index contributed by atoms with van der Waals surface area (Å²) in [5.41, 5.74) is 0.518. The van der Waals surface area contributed by atoms with Crippen LogP contribution in [0.3, 0.4) is 0 Å². The molecule has 0 aromatic heterocycles. The van der Waals surface area contributed by atoms with Gasteiger partial charge < -0.3 is 0 Å². The van der Waals surface area contributed by atoms with Gasteiger partial charge in [-0.2, -0.15) is 8.78 Å². The van der Waals surface area contributed by atoms with Crippen LogP contribution in [0.4, 0.5) is 8.78 Å². The zero-order valence-electron chi connectivity index (χ0n) is 11.8. The number of benzene rings is 1. The zero-order chi connectivity index (χ0) is 16.5. The molecule has 0 radical (unpaired) electrons. The molecule has 0 saturated heterocycles. The predicted octanol–water partition coefficient (Wildman–Crippen LogP) is 5.28. The molecule has 0 aliphatic carbocycles. The highest BCUT2D eigenvalue weighted by Crippen LogP contribution is 2.45. The van der Waals surface area contributed by atoms with Crippen molar-refractivity contribution in [1.82, 2.24) is 0 Å². The molecule has 0 spiro atoms. The lowest BCUT2D eigenvalue weighted by molar-refractivity contribution is 0.160. The molecule has 0 N–H and O–H groups in total. The molecule has 118 valence electrons. The highest BCUT2D eigenvalue weighted by molar-refractivity contribution is 14.1. The fraction of sp³-hybridized carbons (Fsp3) is 0.429. The second-order valence-corrected chi connectivity index (χ2v) is 10.5. The molecule has 0 heterocycles. The fourth-order valence-corrected chi connectivity index (χ4v) is 5.18. The molecule has 7 heteroatoms. The molecule has 0 saturated carbocycles. The lowest BCUT2D eigenvalue weighted by Gasteiger charge is -2.27. The summed E-state index contributed by atoms with van der Waals surface area (Å²) in [7, 11) is -3.90. The fourth-order valence-electron chi connectivity index (χ4n) is 1.63. The van der Waals surface area contributed by atoms with Gasteiger partial charge in [0.25, 0.3) is 0 Å². The Kier molecular flexibility index (Phi) is 6.22. The number of sulfone groups is 1. The highest BCUT2D eigenvalue weighted by Gasteiger charge is 2.42. The first-order valence-electron chi connectivity index (χ1n) is 6.20. The minimum atomic E-state index is -3.90. The van der Waals surface area contributed by atoms with Crippen LogP contribution in [0.2, 0.25) is 0 Å². The van der Waals surface area contributed by atoms with Crippen molar-refractivity contribution in [3.63, 3.8) is 0 Å². The van der Waals surface area contributed by atoms with E-state index in [1.54, 1.807) is 26.0 Å². The van der Waals surface area contributed by atoms with Crippen LogP contribution in [0.1, 0.15) is 25.8 Å². The van der Waals surface area contributed by atoms with E-state index >= 15 is 0 Å². The molecule has 0 amide bonds. The third-order valence-corrected chi connectivity index (χ3v) is 6.55. The summed E-state index contributed by atoms with van der Waals surface area (Å²) in [6, 6.07) is 6.15. The average molecular weight is 540 g/mol. The van der Waals surface area contributed by atoms with Gasteiger partial charge in [0, 0.05) is 37.0 Å². The number of rotatable bonds is 5. The van der Waals surface area contributed by atoms with Crippen LogP contribution in [-0.2, 0) is 9.84 Å². The summed E-state index contributed by atoms with van der Waals surface area (Å²) in [5, 5.41) is 0.722. The molecular weight excluding hydrogens is 524 g/mol. The van der Waals surface area contributed by atoms with E-state index in [1.165, 1.54) is 12.1 Å². The third-order valence-electron chi connectivity index (χ3n) is 3.15. The Morgan fingerprint density at radius 2 is 1.71 bits per heavy atom. The summed E-state index contributed by atoms with van der Waals surface area (Å²) >= 11 is 2.86. The third kappa shape index (κ3) is 5.12. The molecule has 0 aliphatic rings. The van der Waals surface area contributed by atoms with Gasteiger partial charge in [-0.15, -0.1) is 0 Å². The second kappa shape index (κ2) is 6.77. The normalized spacial score (nSPS) is 16.6. The van der Waals surface area contributed by atoms with E-state index in [4.69, 9.17) is 0 Å². The van der Waals surface area contributed by atoms with Gasteiger partial charge in [-0.25, -0.2) is 8.42 Å². The molecular formula is C14H16F2I2O2S. The number of hydrogen-bond acceptors (Lipinski definition) is 2. The van der Waals surface area contributed by atoms with Crippen molar-refractivity contribution in [1.29, 1.82) is 0 Å². The van der Waals surface area contributed by atoms with E-state index in [0.29, 0.717) is 6.42 Å². The minimum absolute atomic E-state index is 0.0227. The van der Waals surface area contributed by atoms with E-state index in [9.17, 15) is 17.2 Å². The SMILES string of the molecule is CCC(C)(I)/C(=C\S(=O)(=O)c1ccc(C)cc1)C(F)(F)I. The zero-order valence-corrected chi connectivity index (χ0v) is 17.0. The van der Waals surface area contributed by atoms with E-state index in [2.05, 4.69) is 0 Å². The molecule has 1 aromatic carbocycles. The van der Waals surface area contributed by atoms with E-state index in [1.807, 2.05) is 29.5 Å². The Morgan fingerprint density at radius 1 is 1.24 bits per heavy atom. The van der Waals surface area contributed by atoms with Crippen LogP contribution < -0.4 is 0 Å². The Morgan fingerprint density at radius 3 is 2.10 bits per heavy atom. The smallest absolute Gasteiger partial charge is 0.219 e. The molecule has 0 bridgehead atoms. The first-order chi connectivity index (χ1) is 9.40. The Bertz CT molecular complexity index is 630. The van der Waals surface area contributed by atoms with Gasteiger partial charge in [0.15, 0.2) is 9.84 Å². The number of hydrogen-bond donors (Lipinski definition) is 0. The van der Waals surface area contributed by atoms with Crippen LogP contribution in [0.25, 0.3) is 0 Å². The van der Waals surface area contributed by atoms with E-state index in [-0.39, 0.29) is 10.5 Å². The maximum Gasteiger partial charge on any atom is 0.319 e. The molecule has 0 aliphatic heterocycles. The molecule has 1 rings (SSSR count). The monoisotopic (exact) mass is 540 g/mol. The number of halogens is 4. The van der Waals surface area contributed by atoms with Crippen LogP contribution in [0.5, 0.6) is 0 Å². The average Bonchev–Trinajstić information content (AvgIpc) is 2.35. The molecule has 1 atom stereocenters. The maximum atomic E-state index is 13.8. The van der Waals surface area contributed by atoms with Crippen molar-refractivity contribution < 1.29 is 17.2 Å². The minimum Gasteiger partial charge on any atom is -0.219 e. The summed E-state index contributed by atoms with van der Waals surface area (Å²) in [5.74, 6) is 0. The van der Waals surface area contributed by atoms with Crippen molar-refractivity contribution in [2.45, 2.75) is 39.4 Å². The van der Waals surface area contributed by atoms with Gasteiger partial charge in [-0.1, -0.05) is 47.2 Å². The lowest BCUT2D eigenvalue weighted by atomic mass is 10.0. The van der Waals surface area contributed by atoms with Crippen molar-refractivity contribution in [2.24, 2.45) is 0 Å². The van der Waals surface area contributed by atoms with E-state index < -0.39 is 17.2 Å². The number of alkyl halides is 4. The quantitative estimate of drug-likeness (QED) is 0.377. The van der Waals surface area contributed by atoms with Crippen LogP contribution >= 0.6 is 45.2 Å². The highest BCUT2D eigenvalue weighted by atomic mass is 127. The second-order valence-electron chi connectivity index (χ2n) is 4.94. The van der Waals surface area contributed by atoms with Gasteiger partial charge in [0.1, 0.15) is 0 Å². The number of allylic oxidation sites excluding steroid dienone is 1. The van der Waals surface area contributed by atoms with E-state index in [0.717, 1.165) is 33.6 Å². The van der Waals surface area contributed by atoms with Crippen molar-refractivity contribution in [2.75, 3.05) is 0 Å². The molecule has 21 heavy (non-hydrogen) atoms. The maximum absolute atomic E-state index is 13.8. The standard InChI is InChI=1S/C14H16F2I2O2S/c1-4-13(3,17)12(14(15,16)18)9-21(19,20)11-7-5-10(2)6-8-11/h5-9H,4H2,1-3H3/b12-9+. The van der Waals surface area contributed by atoms with Gasteiger partial charge >= 0.3 is 3.93 Å². The summed E-state index contributed by atoms with van der Waals surface area (Å²) < 4.78 is 48.2. The molecule has 2 nitrogen and oxygen atoms in total. The molecule has 1 unspecified atom stereocenters. The Balaban J connectivity index is 3.43. The summed E-state index contributed by atoms with van der Waals surface area (Å²) in [6.07, 6.45) is 0.404. The Labute approximate surface area is 151 Å². The summed E-state index contributed by atoms with van der Waals surface area (Å²) in [6.45, 7) is 5.19.